The van der Waals surface area contributed by atoms with Gasteiger partial charge in [0, 0.05) is 17.6 Å². The van der Waals surface area contributed by atoms with Crippen molar-refractivity contribution in [1.82, 2.24) is 14.6 Å². The molecule has 0 aliphatic carbocycles. The fraction of sp³-hybridized carbons (Fsp3) is 0.667. The van der Waals surface area contributed by atoms with Crippen molar-refractivity contribution >= 4 is 47.6 Å². The number of aromatic nitrogens is 2. The summed E-state index contributed by atoms with van der Waals surface area (Å²) >= 11 is 9.38. The summed E-state index contributed by atoms with van der Waals surface area (Å²) in [7, 11) is -2.59. The molecule has 0 fully saturated rings. The summed E-state index contributed by atoms with van der Waals surface area (Å²) in [5, 5.41) is 2.49. The molecular formula is C18H28BrClN4O9P+. The van der Waals surface area contributed by atoms with Crippen molar-refractivity contribution in [3.63, 3.8) is 0 Å². The maximum atomic E-state index is 12.3. The van der Waals surface area contributed by atoms with Gasteiger partial charge in [-0.15, -0.1) is 4.52 Å². The Labute approximate surface area is 209 Å². The predicted octanol–water partition coefficient (Wildman–Crippen LogP) is 0.874. The molecule has 0 aliphatic rings. The van der Waals surface area contributed by atoms with E-state index < -0.39 is 68.0 Å². The number of nitrogens with one attached hydrogen (secondary N) is 2. The minimum absolute atomic E-state index is 0.0583. The third kappa shape index (κ3) is 10.3. The second-order valence-corrected chi connectivity index (χ2v) is 9.38. The van der Waals surface area contributed by atoms with Gasteiger partial charge in [0.05, 0.1) is 6.10 Å². The molecule has 0 amide bonds. The zero-order valence-electron chi connectivity index (χ0n) is 18.9. The number of alkyl halides is 2. The average molecular weight is 591 g/mol. The van der Waals surface area contributed by atoms with E-state index in [1.54, 1.807) is 13.8 Å². The van der Waals surface area contributed by atoms with Gasteiger partial charge in [0.25, 0.3) is 5.56 Å². The summed E-state index contributed by atoms with van der Waals surface area (Å²) in [6, 6.07) is -0.815. The Morgan fingerprint density at radius 2 is 1.88 bits per heavy atom. The molecule has 6 atom stereocenters. The predicted molar refractivity (Wildman–Crippen MR) is 126 cm³/mol. The number of hydrogen-bond acceptors (Lipinski definition) is 10. The number of aromatic amines is 1. The van der Waals surface area contributed by atoms with E-state index in [0.717, 1.165) is 10.6 Å². The standard InChI is InChI=1S/C18H27BrClN4O9P/c1-9(2)31-17(27)11(4)23-34(29)30-8-12(15(20)33-16(26)10(3)21)32-14(7-19)24-6-5-13(25)22-18(24)28/h5-6,9-12,14-15H,7-8,21H2,1-4H3,(H-,22,23,25,28,29)/p+1/t10-,11+,12+,14+,15+/m0/s1. The normalized spacial score (nSPS) is 16.3. The molecule has 4 N–H and O–H groups in total. The Balaban J connectivity index is 2.96. The second kappa shape index (κ2) is 14.7. The zero-order chi connectivity index (χ0) is 26.0. The third-order valence-corrected chi connectivity index (χ3v) is 5.78. The topological polar surface area (TPSA) is 181 Å². The van der Waals surface area contributed by atoms with E-state index in [1.807, 2.05) is 0 Å². The summed E-state index contributed by atoms with van der Waals surface area (Å²) in [5.41, 5.74) is 2.66. The number of ether oxygens (including phenoxy) is 3. The minimum Gasteiger partial charge on any atom is -0.462 e. The maximum absolute atomic E-state index is 12.3. The van der Waals surface area contributed by atoms with Crippen LogP contribution in [0.4, 0.5) is 0 Å². The fourth-order valence-electron chi connectivity index (χ4n) is 2.23. The van der Waals surface area contributed by atoms with Crippen LogP contribution in [0.1, 0.15) is 33.9 Å². The number of hydrogen-bond donors (Lipinski definition) is 3. The van der Waals surface area contributed by atoms with Gasteiger partial charge in [-0.3, -0.25) is 23.9 Å². The molecule has 1 unspecified atom stereocenters. The molecule has 0 radical (unpaired) electrons. The highest BCUT2D eigenvalue weighted by atomic mass is 79.9. The second-order valence-electron chi connectivity index (χ2n) is 7.27. The van der Waals surface area contributed by atoms with Crippen LogP contribution in [0.2, 0.25) is 0 Å². The molecule has 0 spiro atoms. The van der Waals surface area contributed by atoms with E-state index in [0.29, 0.717) is 0 Å². The van der Waals surface area contributed by atoms with Gasteiger partial charge in [-0.2, -0.15) is 0 Å². The number of nitrogens with zero attached hydrogens (tertiary/aromatic N) is 1. The van der Waals surface area contributed by atoms with Gasteiger partial charge < -0.3 is 19.9 Å². The van der Waals surface area contributed by atoms with E-state index in [-0.39, 0.29) is 11.4 Å². The molecular weight excluding hydrogens is 563 g/mol. The molecule has 0 saturated carbocycles. The van der Waals surface area contributed by atoms with E-state index in [1.165, 1.54) is 20.0 Å². The highest BCUT2D eigenvalue weighted by Crippen LogP contribution is 2.24. The smallest absolute Gasteiger partial charge is 0.462 e. The highest BCUT2D eigenvalue weighted by molar-refractivity contribution is 9.09. The SMILES string of the molecule is CC(C)OC(=O)[C@@H](C)N[P+](=O)OC[C@@H](O[C@H](CBr)n1ccc(=O)[nH]c1=O)[C@H](Cl)OC(=O)[C@H](C)N. The number of H-pyrrole nitrogens is 1. The first-order valence-corrected chi connectivity index (χ1v) is 12.8. The Bertz CT molecular complexity index is 958. The summed E-state index contributed by atoms with van der Waals surface area (Å²) in [4.78, 5) is 49.3. The van der Waals surface area contributed by atoms with Crippen molar-refractivity contribution in [2.24, 2.45) is 5.73 Å². The average Bonchev–Trinajstić information content (AvgIpc) is 2.73. The molecule has 192 valence electrons. The van der Waals surface area contributed by atoms with Gasteiger partial charge in [0.2, 0.25) is 5.56 Å². The van der Waals surface area contributed by atoms with Gasteiger partial charge in [-0.05, 0) is 32.3 Å². The van der Waals surface area contributed by atoms with Gasteiger partial charge in [0.15, 0.2) is 0 Å². The first kappa shape index (κ1) is 30.4. The van der Waals surface area contributed by atoms with Crippen LogP contribution in [0, 0.1) is 0 Å². The summed E-state index contributed by atoms with van der Waals surface area (Å²) in [6.07, 6.45) is -1.43. The maximum Gasteiger partial charge on any atom is 0.613 e. The fourth-order valence-corrected chi connectivity index (χ4v) is 3.69. The Morgan fingerprint density at radius 3 is 2.41 bits per heavy atom. The summed E-state index contributed by atoms with van der Waals surface area (Å²) in [5.74, 6) is -1.47. The minimum atomic E-state index is -2.59. The molecule has 16 heteroatoms. The van der Waals surface area contributed by atoms with Crippen LogP contribution in [0.15, 0.2) is 21.9 Å². The number of nitrogens with two attached hydrogens (primary N) is 1. The molecule has 1 heterocycles. The lowest BCUT2D eigenvalue weighted by Crippen LogP contribution is -2.41. The molecule has 1 rings (SSSR count). The van der Waals surface area contributed by atoms with Crippen molar-refractivity contribution in [1.29, 1.82) is 0 Å². The van der Waals surface area contributed by atoms with Crippen molar-refractivity contribution < 1.29 is 32.9 Å². The number of carbonyl (C=O) groups excluding carboxylic acids is 2. The van der Waals surface area contributed by atoms with Crippen LogP contribution < -0.4 is 22.1 Å². The van der Waals surface area contributed by atoms with E-state index in [4.69, 9.17) is 36.1 Å². The van der Waals surface area contributed by atoms with Crippen LogP contribution in [0.25, 0.3) is 0 Å². The number of carbonyl (C=O) groups is 2. The van der Waals surface area contributed by atoms with Crippen LogP contribution in [0.5, 0.6) is 0 Å². The first-order valence-electron chi connectivity index (χ1n) is 10.1. The molecule has 0 bridgehead atoms. The Morgan fingerprint density at radius 1 is 1.24 bits per heavy atom. The van der Waals surface area contributed by atoms with Crippen molar-refractivity contribution in [2.75, 3.05) is 11.9 Å². The van der Waals surface area contributed by atoms with Crippen molar-refractivity contribution in [3.05, 3.63) is 33.1 Å². The first-order chi connectivity index (χ1) is 15.8. The van der Waals surface area contributed by atoms with Crippen LogP contribution in [-0.2, 0) is 32.9 Å². The molecule has 0 saturated heterocycles. The molecule has 0 aromatic carbocycles. The van der Waals surface area contributed by atoms with Crippen LogP contribution >= 0.6 is 35.7 Å². The largest absolute Gasteiger partial charge is 0.613 e. The Hall–Kier alpha value is -1.67. The molecule has 1 aromatic heterocycles. The van der Waals surface area contributed by atoms with Gasteiger partial charge in [-0.25, -0.2) is 4.79 Å². The van der Waals surface area contributed by atoms with Crippen LogP contribution in [-0.4, -0.2) is 63.3 Å². The third-order valence-electron chi connectivity index (χ3n) is 3.88. The summed E-state index contributed by atoms with van der Waals surface area (Å²) < 4.78 is 34.4. The van der Waals surface area contributed by atoms with E-state index in [9.17, 15) is 23.7 Å². The zero-order valence-corrected chi connectivity index (χ0v) is 22.2. The number of esters is 2. The van der Waals surface area contributed by atoms with Crippen molar-refractivity contribution in [3.8, 4) is 0 Å². The molecule has 0 aliphatic heterocycles. The molecule has 13 nitrogen and oxygen atoms in total. The number of rotatable bonds is 14. The van der Waals surface area contributed by atoms with Crippen molar-refractivity contribution in [2.45, 2.75) is 63.8 Å². The lowest BCUT2D eigenvalue weighted by atomic mass is 10.3. The Kier molecular flexibility index (Phi) is 13.1. The van der Waals surface area contributed by atoms with Gasteiger partial charge >= 0.3 is 25.8 Å². The highest BCUT2D eigenvalue weighted by Gasteiger charge is 2.34. The lowest BCUT2D eigenvalue weighted by molar-refractivity contribution is -0.158. The monoisotopic (exact) mass is 589 g/mol. The van der Waals surface area contributed by atoms with Gasteiger partial charge in [0.1, 0.15) is 31.0 Å². The van der Waals surface area contributed by atoms with Crippen LogP contribution in [0.3, 0.4) is 0 Å². The summed E-state index contributed by atoms with van der Waals surface area (Å²) in [6.45, 7) is 5.68. The quantitative estimate of drug-likeness (QED) is 0.159. The van der Waals surface area contributed by atoms with Gasteiger partial charge in [-0.1, -0.05) is 32.6 Å². The lowest BCUT2D eigenvalue weighted by Gasteiger charge is -2.26. The van der Waals surface area contributed by atoms with E-state index in [2.05, 4.69) is 26.0 Å². The number of halogens is 2. The molecule has 1 aromatic rings. The van der Waals surface area contributed by atoms with E-state index >= 15 is 0 Å². The molecule has 34 heavy (non-hydrogen) atoms.